The number of hydrogen-bond acceptors (Lipinski definition) is 3. The van der Waals surface area contributed by atoms with Crippen LogP contribution in [0.5, 0.6) is 0 Å². The van der Waals surface area contributed by atoms with Gasteiger partial charge in [-0.1, -0.05) is 0 Å². The minimum atomic E-state index is -4.87. The van der Waals surface area contributed by atoms with Crippen molar-refractivity contribution in [1.29, 1.82) is 0 Å². The average molecular weight is 283 g/mol. The molecule has 9 heteroatoms. The third kappa shape index (κ3) is 4.58. The van der Waals surface area contributed by atoms with Crippen molar-refractivity contribution in [3.8, 4) is 0 Å². The molecule has 0 N–H and O–H groups in total. The number of rotatable bonds is 2. The van der Waals surface area contributed by atoms with Crippen LogP contribution in [0.3, 0.4) is 0 Å². The summed E-state index contributed by atoms with van der Waals surface area (Å²) < 4.78 is 59.5. The van der Waals surface area contributed by atoms with E-state index in [2.05, 4.69) is 0 Å². The van der Waals surface area contributed by atoms with Crippen molar-refractivity contribution in [2.75, 3.05) is 19.5 Å². The molecule has 1 heterocycles. The van der Waals surface area contributed by atoms with E-state index in [9.17, 15) is 21.4 Å². The van der Waals surface area contributed by atoms with Crippen LogP contribution in [0.15, 0.2) is 0 Å². The third-order valence-corrected chi connectivity index (χ3v) is 5.16. The summed E-state index contributed by atoms with van der Waals surface area (Å²) in [4.78, 5) is 1.18. The Morgan fingerprint density at radius 2 is 1.56 bits per heavy atom. The second-order valence-electron chi connectivity index (χ2n) is 4.14. The van der Waals surface area contributed by atoms with Crippen molar-refractivity contribution in [1.82, 2.24) is 4.90 Å². The molecule has 0 aliphatic carbocycles. The summed E-state index contributed by atoms with van der Waals surface area (Å²) >= 11 is 0. The summed E-state index contributed by atoms with van der Waals surface area (Å²) in [6.07, 6.45) is -0.968. The predicted octanol–water partition coefficient (Wildman–Crippen LogP) is -2.12. The van der Waals surface area contributed by atoms with E-state index in [4.69, 9.17) is 0 Å². The molecule has 3 nitrogen and oxygen atoms in total. The molecule has 0 aromatic heterocycles. The zero-order chi connectivity index (χ0) is 11.9. The van der Waals surface area contributed by atoms with Gasteiger partial charge in [0.1, 0.15) is 0 Å². The first-order valence-electron chi connectivity index (χ1n) is 4.79. The molecular formula is C7H14BF3KNO2S. The van der Waals surface area contributed by atoms with E-state index in [1.54, 1.807) is 0 Å². The Balaban J connectivity index is 0.00000225. The van der Waals surface area contributed by atoms with Gasteiger partial charge in [-0.2, -0.15) is 0 Å². The quantitative estimate of drug-likeness (QED) is 0.544. The summed E-state index contributed by atoms with van der Waals surface area (Å²) in [7, 11) is -3.23. The Bertz CT molecular complexity index is 317. The fraction of sp³-hybridized carbons (Fsp3) is 1.00. The van der Waals surface area contributed by atoms with Crippen LogP contribution >= 0.6 is 0 Å². The largest absolute Gasteiger partial charge is 1.00 e. The molecule has 0 amide bonds. The standard InChI is InChI=1S/C7H14BF3NO2S.K/c1-6-3-12(5-8(9,10)11)4-7(2)15(6,13)14;/h6-7H,3-5H2,1-2H3;/q-1;+1. The smallest absolute Gasteiger partial charge is 0.448 e. The molecule has 0 aromatic rings. The maximum atomic E-state index is 12.2. The SMILES string of the molecule is CC1CN(C[B-](F)(F)F)CC(C)S1(=O)=O.[K+]. The Kier molecular flexibility index (Phi) is 6.56. The molecule has 1 saturated heterocycles. The molecule has 90 valence electrons. The molecule has 16 heavy (non-hydrogen) atoms. The van der Waals surface area contributed by atoms with E-state index in [0.29, 0.717) is 0 Å². The normalized spacial score (nSPS) is 30.8. The van der Waals surface area contributed by atoms with Gasteiger partial charge in [0.25, 0.3) is 0 Å². The molecule has 1 rings (SSSR count). The summed E-state index contributed by atoms with van der Waals surface area (Å²) in [6.45, 7) is -1.99. The molecule has 0 radical (unpaired) electrons. The molecular weight excluding hydrogens is 269 g/mol. The Labute approximate surface area is 137 Å². The van der Waals surface area contributed by atoms with Gasteiger partial charge in [-0.3, -0.25) is 0 Å². The van der Waals surface area contributed by atoms with E-state index in [1.165, 1.54) is 18.7 Å². The number of nitrogens with zero attached hydrogens (tertiary/aromatic N) is 1. The van der Waals surface area contributed by atoms with Crippen LogP contribution in [0, 0.1) is 0 Å². The van der Waals surface area contributed by atoms with Gasteiger partial charge in [-0.15, -0.1) is 0 Å². The van der Waals surface area contributed by atoms with Crippen LogP contribution < -0.4 is 51.4 Å². The first-order chi connectivity index (χ1) is 6.63. The fourth-order valence-electron chi connectivity index (χ4n) is 1.85. The van der Waals surface area contributed by atoms with Crippen LogP contribution in [0.2, 0.25) is 0 Å². The first-order valence-corrected chi connectivity index (χ1v) is 6.40. The zero-order valence-electron chi connectivity index (χ0n) is 9.66. The fourth-order valence-corrected chi connectivity index (χ4v) is 3.48. The van der Waals surface area contributed by atoms with E-state index >= 15 is 0 Å². The van der Waals surface area contributed by atoms with Gasteiger partial charge in [-0.25, -0.2) is 8.42 Å². The van der Waals surface area contributed by atoms with Crippen LogP contribution in [-0.4, -0.2) is 50.3 Å². The average Bonchev–Trinajstić information content (AvgIpc) is 1.97. The molecule has 2 atom stereocenters. The van der Waals surface area contributed by atoms with Gasteiger partial charge in [0.05, 0.1) is 10.5 Å². The van der Waals surface area contributed by atoms with Crippen molar-refractivity contribution >= 4 is 16.8 Å². The summed E-state index contributed by atoms with van der Waals surface area (Å²) in [5, 5.41) is -1.42. The van der Waals surface area contributed by atoms with Gasteiger partial charge >= 0.3 is 58.4 Å². The topological polar surface area (TPSA) is 37.4 Å². The van der Waals surface area contributed by atoms with Crippen LogP contribution in [0.1, 0.15) is 13.8 Å². The van der Waals surface area contributed by atoms with Crippen molar-refractivity contribution in [2.24, 2.45) is 0 Å². The number of hydrogen-bond donors (Lipinski definition) is 0. The van der Waals surface area contributed by atoms with Gasteiger partial charge in [0, 0.05) is 13.1 Å². The maximum Gasteiger partial charge on any atom is 1.00 e. The Morgan fingerprint density at radius 1 is 1.19 bits per heavy atom. The Morgan fingerprint density at radius 3 is 1.88 bits per heavy atom. The third-order valence-electron chi connectivity index (χ3n) is 2.62. The molecule has 0 aromatic carbocycles. The molecule has 1 aliphatic rings. The predicted molar refractivity (Wildman–Crippen MR) is 53.4 cm³/mol. The van der Waals surface area contributed by atoms with Gasteiger partial charge in [-0.05, 0) is 20.3 Å². The molecule has 1 fully saturated rings. The second kappa shape index (κ2) is 6.03. The van der Waals surface area contributed by atoms with E-state index in [-0.39, 0.29) is 64.5 Å². The summed E-state index contributed by atoms with van der Waals surface area (Å²) in [5.41, 5.74) is 0. The second-order valence-corrected chi connectivity index (χ2v) is 6.93. The van der Waals surface area contributed by atoms with Crippen molar-refractivity contribution < 1.29 is 72.7 Å². The zero-order valence-corrected chi connectivity index (χ0v) is 13.6. The van der Waals surface area contributed by atoms with Crippen LogP contribution in [0.25, 0.3) is 0 Å². The van der Waals surface area contributed by atoms with Crippen molar-refractivity contribution in [2.45, 2.75) is 24.3 Å². The monoisotopic (exact) mass is 283 g/mol. The number of halogens is 3. The number of sulfone groups is 1. The maximum absolute atomic E-state index is 12.2. The molecule has 2 unspecified atom stereocenters. The van der Waals surface area contributed by atoms with Crippen LogP contribution in [-0.2, 0) is 9.84 Å². The molecule has 0 spiro atoms. The molecule has 0 saturated carbocycles. The summed E-state index contributed by atoms with van der Waals surface area (Å²) in [5.74, 6) is 0. The first kappa shape index (κ1) is 17.4. The van der Waals surface area contributed by atoms with Crippen LogP contribution in [0.4, 0.5) is 12.9 Å². The Hall–Kier alpha value is 1.40. The van der Waals surface area contributed by atoms with Gasteiger partial charge in [0.15, 0.2) is 9.84 Å². The molecule has 0 bridgehead atoms. The summed E-state index contributed by atoms with van der Waals surface area (Å²) in [6, 6.07) is 0. The minimum absolute atomic E-state index is 0. The van der Waals surface area contributed by atoms with E-state index in [0.717, 1.165) is 0 Å². The van der Waals surface area contributed by atoms with Gasteiger partial charge in [0.2, 0.25) is 0 Å². The van der Waals surface area contributed by atoms with Gasteiger partial charge < -0.3 is 17.8 Å². The molecule has 1 aliphatic heterocycles. The van der Waals surface area contributed by atoms with E-state index < -0.39 is 33.8 Å². The minimum Gasteiger partial charge on any atom is -0.448 e. The van der Waals surface area contributed by atoms with E-state index in [1.807, 2.05) is 0 Å². The van der Waals surface area contributed by atoms with Crippen molar-refractivity contribution in [3.05, 3.63) is 0 Å². The van der Waals surface area contributed by atoms with Crippen molar-refractivity contribution in [3.63, 3.8) is 0 Å².